The van der Waals surface area contributed by atoms with Crippen molar-refractivity contribution in [2.24, 2.45) is 5.73 Å². The fraction of sp³-hybridized carbons (Fsp3) is 0.455. The van der Waals surface area contributed by atoms with Crippen LogP contribution in [0.2, 0.25) is 0 Å². The van der Waals surface area contributed by atoms with Gasteiger partial charge in [0.05, 0.1) is 6.61 Å². The topological polar surface area (TPSA) is 55.5 Å². The van der Waals surface area contributed by atoms with Gasteiger partial charge in [-0.1, -0.05) is 18.2 Å². The first-order chi connectivity index (χ1) is 6.75. The van der Waals surface area contributed by atoms with Crippen molar-refractivity contribution >= 4 is 0 Å². The molecule has 0 spiro atoms. The zero-order valence-electron chi connectivity index (χ0n) is 8.44. The smallest absolute Gasteiger partial charge is 0.124 e. The molecule has 0 aromatic heterocycles. The molecule has 0 bridgehead atoms. The van der Waals surface area contributed by atoms with E-state index >= 15 is 0 Å². The Morgan fingerprint density at radius 3 is 2.79 bits per heavy atom. The van der Waals surface area contributed by atoms with Crippen molar-refractivity contribution in [1.29, 1.82) is 0 Å². The summed E-state index contributed by atoms with van der Waals surface area (Å²) < 4.78 is 5.50. The molecule has 1 aromatic carbocycles. The Kier molecular flexibility index (Phi) is 4.43. The first-order valence-electron chi connectivity index (χ1n) is 4.84. The number of hydrogen-bond donors (Lipinski definition) is 2. The largest absolute Gasteiger partial charge is 0.493 e. The first-order valence-corrected chi connectivity index (χ1v) is 4.84. The Labute approximate surface area is 84.5 Å². The summed E-state index contributed by atoms with van der Waals surface area (Å²) in [5, 5.41) is 8.62. The molecular weight excluding hydrogens is 178 g/mol. The molecule has 1 aromatic rings. The molecule has 0 fully saturated rings. The van der Waals surface area contributed by atoms with Gasteiger partial charge in [-0.05, 0) is 13.0 Å². The van der Waals surface area contributed by atoms with Gasteiger partial charge < -0.3 is 15.6 Å². The number of hydrogen-bond acceptors (Lipinski definition) is 3. The highest BCUT2D eigenvalue weighted by molar-refractivity contribution is 5.35. The van der Waals surface area contributed by atoms with E-state index in [9.17, 15) is 0 Å². The van der Waals surface area contributed by atoms with Crippen LogP contribution in [0.25, 0.3) is 0 Å². The van der Waals surface area contributed by atoms with E-state index in [0.717, 1.165) is 11.3 Å². The van der Waals surface area contributed by atoms with Crippen molar-refractivity contribution in [2.75, 3.05) is 13.2 Å². The fourth-order valence-electron chi connectivity index (χ4n) is 1.23. The standard InChI is InChI=1S/C11H17NO2/c1-9(12)10-5-2-3-6-11(10)14-8-4-7-13/h2-3,5-6,9,13H,4,7-8,12H2,1H3. The van der Waals surface area contributed by atoms with E-state index in [1.54, 1.807) is 0 Å². The molecule has 3 heteroatoms. The number of para-hydroxylation sites is 1. The lowest BCUT2D eigenvalue weighted by molar-refractivity contribution is 0.232. The van der Waals surface area contributed by atoms with Gasteiger partial charge in [0.2, 0.25) is 0 Å². The van der Waals surface area contributed by atoms with Gasteiger partial charge in [0, 0.05) is 24.6 Å². The SMILES string of the molecule is CC(N)c1ccccc1OCCCO. The van der Waals surface area contributed by atoms with Crippen LogP contribution >= 0.6 is 0 Å². The molecule has 0 saturated heterocycles. The van der Waals surface area contributed by atoms with Crippen molar-refractivity contribution in [3.63, 3.8) is 0 Å². The summed E-state index contributed by atoms with van der Waals surface area (Å²) in [6.07, 6.45) is 0.646. The second kappa shape index (κ2) is 5.62. The number of aliphatic hydroxyl groups excluding tert-OH is 1. The second-order valence-corrected chi connectivity index (χ2v) is 3.25. The van der Waals surface area contributed by atoms with Gasteiger partial charge in [-0.15, -0.1) is 0 Å². The molecule has 0 heterocycles. The molecule has 0 aliphatic carbocycles. The predicted molar refractivity (Wildman–Crippen MR) is 56.2 cm³/mol. The third-order valence-electron chi connectivity index (χ3n) is 1.97. The van der Waals surface area contributed by atoms with Crippen molar-refractivity contribution in [2.45, 2.75) is 19.4 Å². The molecule has 3 N–H and O–H groups in total. The average molecular weight is 195 g/mol. The highest BCUT2D eigenvalue weighted by atomic mass is 16.5. The van der Waals surface area contributed by atoms with Crippen LogP contribution in [0.5, 0.6) is 5.75 Å². The molecule has 0 aliphatic heterocycles. The van der Waals surface area contributed by atoms with Crippen LogP contribution in [0.3, 0.4) is 0 Å². The maximum absolute atomic E-state index is 8.62. The lowest BCUT2D eigenvalue weighted by Gasteiger charge is -2.13. The Bertz CT molecular complexity index is 274. The highest BCUT2D eigenvalue weighted by Crippen LogP contribution is 2.23. The van der Waals surface area contributed by atoms with E-state index < -0.39 is 0 Å². The van der Waals surface area contributed by atoms with E-state index in [1.807, 2.05) is 31.2 Å². The first kappa shape index (κ1) is 11.0. The van der Waals surface area contributed by atoms with Crippen LogP contribution < -0.4 is 10.5 Å². The maximum Gasteiger partial charge on any atom is 0.124 e. The molecule has 14 heavy (non-hydrogen) atoms. The molecule has 1 unspecified atom stereocenters. The maximum atomic E-state index is 8.62. The number of ether oxygens (including phenoxy) is 1. The minimum Gasteiger partial charge on any atom is -0.493 e. The minimum atomic E-state index is -0.0275. The Balaban J connectivity index is 2.64. The van der Waals surface area contributed by atoms with Gasteiger partial charge in [0.1, 0.15) is 5.75 Å². The van der Waals surface area contributed by atoms with Gasteiger partial charge in [-0.25, -0.2) is 0 Å². The van der Waals surface area contributed by atoms with E-state index in [0.29, 0.717) is 13.0 Å². The predicted octanol–water partition coefficient (Wildman–Crippen LogP) is 1.47. The molecule has 1 rings (SSSR count). The number of aliphatic hydroxyl groups is 1. The molecule has 0 aliphatic rings. The molecule has 0 amide bonds. The van der Waals surface area contributed by atoms with Gasteiger partial charge >= 0.3 is 0 Å². The van der Waals surface area contributed by atoms with E-state index in [-0.39, 0.29) is 12.6 Å². The van der Waals surface area contributed by atoms with Crippen molar-refractivity contribution in [3.05, 3.63) is 29.8 Å². The van der Waals surface area contributed by atoms with Crippen LogP contribution in [0.1, 0.15) is 24.9 Å². The van der Waals surface area contributed by atoms with Crippen molar-refractivity contribution < 1.29 is 9.84 Å². The monoisotopic (exact) mass is 195 g/mol. The molecule has 0 radical (unpaired) electrons. The summed E-state index contributed by atoms with van der Waals surface area (Å²) in [6.45, 7) is 2.61. The molecule has 0 saturated carbocycles. The summed E-state index contributed by atoms with van der Waals surface area (Å²) in [5.74, 6) is 0.816. The second-order valence-electron chi connectivity index (χ2n) is 3.25. The Morgan fingerprint density at radius 1 is 1.43 bits per heavy atom. The number of benzene rings is 1. The van der Waals surface area contributed by atoms with Crippen LogP contribution in [0, 0.1) is 0 Å². The van der Waals surface area contributed by atoms with Crippen molar-refractivity contribution in [1.82, 2.24) is 0 Å². The third kappa shape index (κ3) is 3.01. The van der Waals surface area contributed by atoms with E-state index in [2.05, 4.69) is 0 Å². The van der Waals surface area contributed by atoms with Crippen LogP contribution in [-0.2, 0) is 0 Å². The summed E-state index contributed by atoms with van der Waals surface area (Å²) >= 11 is 0. The van der Waals surface area contributed by atoms with Crippen LogP contribution in [0.15, 0.2) is 24.3 Å². The number of rotatable bonds is 5. The normalized spacial score (nSPS) is 12.5. The Hall–Kier alpha value is -1.06. The summed E-state index contributed by atoms with van der Waals surface area (Å²) in [6, 6.07) is 7.69. The lowest BCUT2D eigenvalue weighted by atomic mass is 10.1. The van der Waals surface area contributed by atoms with Crippen molar-refractivity contribution in [3.8, 4) is 5.75 Å². The summed E-state index contributed by atoms with van der Waals surface area (Å²) in [4.78, 5) is 0. The van der Waals surface area contributed by atoms with Crippen LogP contribution in [0.4, 0.5) is 0 Å². The molecular formula is C11H17NO2. The zero-order chi connectivity index (χ0) is 10.4. The molecule has 1 atom stereocenters. The van der Waals surface area contributed by atoms with E-state index in [1.165, 1.54) is 0 Å². The molecule has 78 valence electrons. The molecule has 3 nitrogen and oxygen atoms in total. The average Bonchev–Trinajstić information content (AvgIpc) is 2.19. The minimum absolute atomic E-state index is 0.0275. The van der Waals surface area contributed by atoms with Gasteiger partial charge in [0.15, 0.2) is 0 Å². The number of nitrogens with two attached hydrogens (primary N) is 1. The highest BCUT2D eigenvalue weighted by Gasteiger charge is 2.06. The third-order valence-corrected chi connectivity index (χ3v) is 1.97. The quantitative estimate of drug-likeness (QED) is 0.699. The summed E-state index contributed by atoms with van der Waals surface area (Å²) in [5.41, 5.74) is 6.79. The van der Waals surface area contributed by atoms with E-state index in [4.69, 9.17) is 15.6 Å². The zero-order valence-corrected chi connectivity index (χ0v) is 8.44. The van der Waals surface area contributed by atoms with Gasteiger partial charge in [0.25, 0.3) is 0 Å². The lowest BCUT2D eigenvalue weighted by Crippen LogP contribution is -2.08. The van der Waals surface area contributed by atoms with Gasteiger partial charge in [-0.2, -0.15) is 0 Å². The van der Waals surface area contributed by atoms with Crippen LogP contribution in [-0.4, -0.2) is 18.3 Å². The van der Waals surface area contributed by atoms with Gasteiger partial charge in [-0.3, -0.25) is 0 Å². The summed E-state index contributed by atoms with van der Waals surface area (Å²) in [7, 11) is 0. The fourth-order valence-corrected chi connectivity index (χ4v) is 1.23. The Morgan fingerprint density at radius 2 is 2.14 bits per heavy atom.